The first-order chi connectivity index (χ1) is 21.4. The number of aromatic nitrogens is 4. The van der Waals surface area contributed by atoms with Crippen molar-refractivity contribution in [1.29, 1.82) is 0 Å². The van der Waals surface area contributed by atoms with Crippen LogP contribution in [0.3, 0.4) is 0 Å². The minimum Gasteiger partial charge on any atom is -0.479 e. The van der Waals surface area contributed by atoms with Crippen LogP contribution in [0.25, 0.3) is 28.0 Å². The van der Waals surface area contributed by atoms with Gasteiger partial charge in [0, 0.05) is 42.2 Å². The molecule has 45 heavy (non-hydrogen) atoms. The number of aryl methyl sites for hydroxylation is 1. The lowest BCUT2D eigenvalue weighted by molar-refractivity contribution is -0.160. The van der Waals surface area contributed by atoms with Gasteiger partial charge in [-0.3, -0.25) is 9.08 Å². The minimum atomic E-state index is -1.11. The largest absolute Gasteiger partial charge is 0.479 e. The standard InChI is InChI=1S/C37H43N5O3/c1-25-19-31-39-30(28-14-10-13-27(20-28)29-21-38-41(23-29)22-26-11-8-7-9-12-26)24-42(31)34(40-17-15-37(5,6)16-18-40)32(25)33(35(43)44)45-36(2,3)4/h7-14,19-21,23-24,33H,15-18,22H2,1-6H3,(H,43,44). The smallest absolute Gasteiger partial charge is 0.337 e. The highest BCUT2D eigenvalue weighted by Crippen LogP contribution is 2.40. The fourth-order valence-electron chi connectivity index (χ4n) is 6.17. The summed E-state index contributed by atoms with van der Waals surface area (Å²) in [6.07, 6.45) is 6.94. The van der Waals surface area contributed by atoms with Crippen LogP contribution in [0.5, 0.6) is 0 Å². The molecule has 2 aromatic carbocycles. The van der Waals surface area contributed by atoms with E-state index in [0.29, 0.717) is 12.1 Å². The van der Waals surface area contributed by atoms with E-state index in [0.717, 1.165) is 65.3 Å². The highest BCUT2D eigenvalue weighted by atomic mass is 16.5. The van der Waals surface area contributed by atoms with Gasteiger partial charge in [0.05, 0.1) is 24.0 Å². The number of imidazole rings is 1. The number of nitrogens with zero attached hydrogens (tertiary/aromatic N) is 5. The molecule has 234 valence electrons. The Kier molecular flexibility index (Phi) is 8.04. The molecule has 6 rings (SSSR count). The fourth-order valence-corrected chi connectivity index (χ4v) is 6.17. The Morgan fingerprint density at radius 2 is 1.69 bits per heavy atom. The average molecular weight is 606 g/mol. The van der Waals surface area contributed by atoms with E-state index in [2.05, 4.69) is 64.8 Å². The molecular formula is C37H43N5O3. The van der Waals surface area contributed by atoms with Crippen molar-refractivity contribution >= 4 is 17.4 Å². The molecule has 1 N–H and O–H groups in total. The number of hydrogen-bond donors (Lipinski definition) is 1. The van der Waals surface area contributed by atoms with Gasteiger partial charge in [0.2, 0.25) is 0 Å². The topological polar surface area (TPSA) is 84.9 Å². The Bertz CT molecular complexity index is 1820. The molecule has 1 fully saturated rings. The van der Waals surface area contributed by atoms with Crippen LogP contribution in [0.4, 0.5) is 5.82 Å². The molecule has 3 aromatic heterocycles. The molecule has 0 saturated carbocycles. The van der Waals surface area contributed by atoms with Crippen molar-refractivity contribution in [3.8, 4) is 22.4 Å². The van der Waals surface area contributed by atoms with Gasteiger partial charge in [-0.25, -0.2) is 9.78 Å². The molecule has 0 aliphatic carbocycles. The number of aliphatic carboxylic acids is 1. The van der Waals surface area contributed by atoms with Crippen molar-refractivity contribution in [2.24, 2.45) is 5.41 Å². The van der Waals surface area contributed by atoms with Crippen molar-refractivity contribution in [3.05, 3.63) is 95.9 Å². The molecule has 1 aliphatic rings. The van der Waals surface area contributed by atoms with E-state index in [-0.39, 0.29) is 5.41 Å². The van der Waals surface area contributed by atoms with Gasteiger partial charge in [0.1, 0.15) is 11.5 Å². The average Bonchev–Trinajstić information content (AvgIpc) is 3.63. The molecule has 1 saturated heterocycles. The maximum atomic E-state index is 12.7. The van der Waals surface area contributed by atoms with Crippen LogP contribution in [0.1, 0.15) is 70.3 Å². The first-order valence-electron chi connectivity index (χ1n) is 15.7. The van der Waals surface area contributed by atoms with Crippen molar-refractivity contribution in [1.82, 2.24) is 19.2 Å². The lowest BCUT2D eigenvalue weighted by Gasteiger charge is -2.40. The van der Waals surface area contributed by atoms with E-state index in [1.54, 1.807) is 0 Å². The molecule has 0 bridgehead atoms. The van der Waals surface area contributed by atoms with Crippen molar-refractivity contribution in [2.45, 2.75) is 72.6 Å². The van der Waals surface area contributed by atoms with E-state index in [4.69, 9.17) is 9.72 Å². The zero-order valence-corrected chi connectivity index (χ0v) is 27.1. The third-order valence-electron chi connectivity index (χ3n) is 8.66. The van der Waals surface area contributed by atoms with Crippen LogP contribution in [-0.2, 0) is 16.1 Å². The zero-order valence-electron chi connectivity index (χ0n) is 27.1. The molecule has 1 unspecified atom stereocenters. The predicted octanol–water partition coefficient (Wildman–Crippen LogP) is 7.79. The summed E-state index contributed by atoms with van der Waals surface area (Å²) < 4.78 is 10.2. The third-order valence-corrected chi connectivity index (χ3v) is 8.66. The van der Waals surface area contributed by atoms with E-state index in [1.165, 1.54) is 5.56 Å². The fraction of sp³-hybridized carbons (Fsp3) is 0.378. The second kappa shape index (κ2) is 11.8. The summed E-state index contributed by atoms with van der Waals surface area (Å²) in [4.78, 5) is 20.1. The quantitative estimate of drug-likeness (QED) is 0.194. The number of carbonyl (C=O) groups is 1. The van der Waals surface area contributed by atoms with E-state index in [9.17, 15) is 9.90 Å². The SMILES string of the molecule is Cc1cc2nc(-c3cccc(-c4cnn(Cc5ccccc5)c4)c3)cn2c(N2CCC(C)(C)CC2)c1C(OC(C)(C)C)C(=O)O. The Hall–Kier alpha value is -4.43. The molecule has 1 atom stereocenters. The summed E-state index contributed by atoms with van der Waals surface area (Å²) in [5.74, 6) is -0.138. The summed E-state index contributed by atoms with van der Waals surface area (Å²) in [5, 5.41) is 15.0. The van der Waals surface area contributed by atoms with Crippen LogP contribution < -0.4 is 4.90 Å². The highest BCUT2D eigenvalue weighted by molar-refractivity contribution is 5.80. The van der Waals surface area contributed by atoms with Gasteiger partial charge in [0.15, 0.2) is 6.10 Å². The Morgan fingerprint density at radius 3 is 2.38 bits per heavy atom. The van der Waals surface area contributed by atoms with Crippen molar-refractivity contribution in [3.63, 3.8) is 0 Å². The number of benzene rings is 2. The second-order valence-electron chi connectivity index (χ2n) is 14.0. The van der Waals surface area contributed by atoms with Gasteiger partial charge in [-0.05, 0) is 74.8 Å². The van der Waals surface area contributed by atoms with Crippen molar-refractivity contribution < 1.29 is 14.6 Å². The number of fused-ring (bicyclic) bond motifs is 1. The van der Waals surface area contributed by atoms with Crippen LogP contribution >= 0.6 is 0 Å². The first kappa shape index (κ1) is 30.6. The maximum absolute atomic E-state index is 12.7. The number of piperidine rings is 1. The lowest BCUT2D eigenvalue weighted by atomic mass is 9.82. The molecule has 4 heterocycles. The molecular weight excluding hydrogens is 562 g/mol. The molecule has 0 radical (unpaired) electrons. The summed E-state index contributed by atoms with van der Waals surface area (Å²) in [6, 6.07) is 20.6. The normalized spacial score (nSPS) is 15.8. The summed E-state index contributed by atoms with van der Waals surface area (Å²) in [5.41, 5.74) is 7.04. The summed E-state index contributed by atoms with van der Waals surface area (Å²) in [7, 11) is 0. The summed E-state index contributed by atoms with van der Waals surface area (Å²) >= 11 is 0. The highest BCUT2D eigenvalue weighted by Gasteiger charge is 2.35. The summed E-state index contributed by atoms with van der Waals surface area (Å²) in [6.45, 7) is 14.6. The molecule has 5 aromatic rings. The zero-order chi connectivity index (χ0) is 31.9. The van der Waals surface area contributed by atoms with Gasteiger partial charge in [0.25, 0.3) is 0 Å². The molecule has 1 aliphatic heterocycles. The number of hydrogen-bond acceptors (Lipinski definition) is 5. The van der Waals surface area contributed by atoms with Crippen LogP contribution in [0.15, 0.2) is 79.3 Å². The maximum Gasteiger partial charge on any atom is 0.337 e. The Balaban J connectivity index is 1.41. The van der Waals surface area contributed by atoms with Crippen LogP contribution in [0, 0.1) is 12.3 Å². The number of ether oxygens (including phenoxy) is 1. The Morgan fingerprint density at radius 1 is 0.978 bits per heavy atom. The van der Waals surface area contributed by atoms with E-state index >= 15 is 0 Å². The van der Waals surface area contributed by atoms with Crippen LogP contribution in [0.2, 0.25) is 0 Å². The van der Waals surface area contributed by atoms with E-state index < -0.39 is 17.7 Å². The van der Waals surface area contributed by atoms with Crippen molar-refractivity contribution in [2.75, 3.05) is 18.0 Å². The first-order valence-corrected chi connectivity index (χ1v) is 15.7. The minimum absolute atomic E-state index is 0.239. The van der Waals surface area contributed by atoms with Gasteiger partial charge >= 0.3 is 5.97 Å². The Labute approximate surface area is 265 Å². The number of carboxylic acids is 1. The van der Waals surface area contributed by atoms with Crippen LogP contribution in [-0.4, -0.2) is 48.9 Å². The lowest BCUT2D eigenvalue weighted by Crippen LogP contribution is -2.40. The third kappa shape index (κ3) is 6.66. The van der Waals surface area contributed by atoms with Gasteiger partial charge in [-0.15, -0.1) is 0 Å². The number of anilines is 1. The van der Waals surface area contributed by atoms with Gasteiger partial charge in [-0.2, -0.15) is 5.10 Å². The molecule has 0 amide bonds. The molecule has 8 nitrogen and oxygen atoms in total. The number of carboxylic acid groups (broad SMARTS) is 1. The number of pyridine rings is 1. The second-order valence-corrected chi connectivity index (χ2v) is 14.0. The van der Waals surface area contributed by atoms with Gasteiger partial charge < -0.3 is 14.7 Å². The molecule has 8 heteroatoms. The van der Waals surface area contributed by atoms with E-state index in [1.807, 2.05) is 75.1 Å². The predicted molar refractivity (Wildman–Crippen MR) is 179 cm³/mol. The number of rotatable bonds is 8. The van der Waals surface area contributed by atoms with Gasteiger partial charge in [-0.1, -0.05) is 62.4 Å². The molecule has 0 spiro atoms. The monoisotopic (exact) mass is 605 g/mol.